The second-order valence-corrected chi connectivity index (χ2v) is 9.38. The Bertz CT molecular complexity index is 403. The van der Waals surface area contributed by atoms with E-state index in [9.17, 15) is 0 Å². The SMILES string of the molecule is CCCOC1CCC2C3CCC(OCCCC(C)C)CC3OC2C1S. The molecular weight excluding hydrogens is 332 g/mol. The molecule has 3 rings (SSSR count). The first-order valence-electron chi connectivity index (χ1n) is 10.7. The average Bonchev–Trinajstić information content (AvgIpc) is 2.97. The molecule has 7 unspecified atom stereocenters. The highest BCUT2D eigenvalue weighted by atomic mass is 32.1. The Kier molecular flexibility index (Phi) is 7.54. The number of rotatable bonds is 8. The summed E-state index contributed by atoms with van der Waals surface area (Å²) >= 11 is 4.91. The van der Waals surface area contributed by atoms with Gasteiger partial charge in [0.25, 0.3) is 0 Å². The number of hydrogen-bond acceptors (Lipinski definition) is 4. The van der Waals surface area contributed by atoms with Crippen LogP contribution in [0, 0.1) is 17.8 Å². The van der Waals surface area contributed by atoms with E-state index in [1.165, 1.54) is 32.1 Å². The van der Waals surface area contributed by atoms with Crippen molar-refractivity contribution in [1.82, 2.24) is 0 Å². The lowest BCUT2D eigenvalue weighted by Crippen LogP contribution is -2.44. The highest BCUT2D eigenvalue weighted by Crippen LogP contribution is 2.49. The first-order chi connectivity index (χ1) is 12.1. The van der Waals surface area contributed by atoms with Crippen molar-refractivity contribution >= 4 is 12.6 Å². The fourth-order valence-corrected chi connectivity index (χ4v) is 5.63. The van der Waals surface area contributed by atoms with Crippen molar-refractivity contribution in [2.75, 3.05) is 13.2 Å². The summed E-state index contributed by atoms with van der Waals surface area (Å²) in [5.41, 5.74) is 0. The van der Waals surface area contributed by atoms with Gasteiger partial charge < -0.3 is 14.2 Å². The van der Waals surface area contributed by atoms with Crippen LogP contribution in [0.15, 0.2) is 0 Å². The molecule has 2 saturated carbocycles. The molecule has 3 nitrogen and oxygen atoms in total. The molecule has 0 amide bonds. The van der Waals surface area contributed by atoms with E-state index in [0.717, 1.165) is 44.3 Å². The minimum atomic E-state index is 0.237. The maximum absolute atomic E-state index is 6.53. The molecule has 1 heterocycles. The Morgan fingerprint density at radius 3 is 2.60 bits per heavy atom. The third-order valence-corrected chi connectivity index (χ3v) is 7.04. The third kappa shape index (κ3) is 4.94. The van der Waals surface area contributed by atoms with Gasteiger partial charge in [0.05, 0.1) is 29.7 Å². The van der Waals surface area contributed by atoms with Crippen LogP contribution in [0.4, 0.5) is 0 Å². The first kappa shape index (κ1) is 20.0. The summed E-state index contributed by atoms with van der Waals surface area (Å²) in [6, 6.07) is 0. The second-order valence-electron chi connectivity index (χ2n) is 8.79. The summed E-state index contributed by atoms with van der Waals surface area (Å²) in [6.45, 7) is 8.49. The van der Waals surface area contributed by atoms with Crippen LogP contribution >= 0.6 is 12.6 Å². The van der Waals surface area contributed by atoms with Gasteiger partial charge in [0, 0.05) is 19.6 Å². The zero-order valence-electron chi connectivity index (χ0n) is 16.4. The van der Waals surface area contributed by atoms with Crippen LogP contribution in [0.25, 0.3) is 0 Å². The van der Waals surface area contributed by atoms with Gasteiger partial charge in [-0.1, -0.05) is 20.8 Å². The van der Waals surface area contributed by atoms with Gasteiger partial charge in [0.2, 0.25) is 0 Å². The lowest BCUT2D eigenvalue weighted by atomic mass is 9.72. The molecular formula is C21H38O3S. The molecule has 4 heteroatoms. The normalized spacial score (nSPS) is 40.9. The molecule has 146 valence electrons. The molecule has 0 bridgehead atoms. The lowest BCUT2D eigenvalue weighted by Gasteiger charge is -2.38. The molecule has 1 aliphatic heterocycles. The summed E-state index contributed by atoms with van der Waals surface area (Å²) in [6.07, 6.45) is 10.8. The number of hydrogen-bond donors (Lipinski definition) is 1. The van der Waals surface area contributed by atoms with Crippen LogP contribution in [0.3, 0.4) is 0 Å². The zero-order valence-corrected chi connectivity index (χ0v) is 17.3. The average molecular weight is 371 g/mol. The Morgan fingerprint density at radius 2 is 1.84 bits per heavy atom. The van der Waals surface area contributed by atoms with Crippen molar-refractivity contribution < 1.29 is 14.2 Å². The smallest absolute Gasteiger partial charge is 0.0751 e. The van der Waals surface area contributed by atoms with Gasteiger partial charge in [-0.2, -0.15) is 12.6 Å². The minimum Gasteiger partial charge on any atom is -0.378 e. The molecule has 0 aromatic rings. The standard InChI is InChI=1S/C21H38O3S/c1-4-11-23-18-10-9-17-16-8-7-15(22-12-5-6-14(2)3)13-19(16)24-20(17)21(18)25/h14-21,25H,4-13H2,1-3H3. The largest absolute Gasteiger partial charge is 0.378 e. The molecule has 0 N–H and O–H groups in total. The molecule has 0 aromatic heterocycles. The van der Waals surface area contributed by atoms with Crippen molar-refractivity contribution in [3.63, 3.8) is 0 Å². The van der Waals surface area contributed by atoms with Crippen LogP contribution in [-0.4, -0.2) is 42.9 Å². The van der Waals surface area contributed by atoms with E-state index in [4.69, 9.17) is 26.8 Å². The van der Waals surface area contributed by atoms with Crippen LogP contribution < -0.4 is 0 Å². The van der Waals surface area contributed by atoms with E-state index in [-0.39, 0.29) is 17.5 Å². The molecule has 7 atom stereocenters. The van der Waals surface area contributed by atoms with E-state index in [2.05, 4.69) is 20.8 Å². The van der Waals surface area contributed by atoms with Crippen LogP contribution in [0.2, 0.25) is 0 Å². The molecule has 1 saturated heterocycles. The monoisotopic (exact) mass is 370 g/mol. The molecule has 0 aromatic carbocycles. The van der Waals surface area contributed by atoms with E-state index in [1.807, 2.05) is 0 Å². The Labute approximate surface area is 160 Å². The number of thiol groups is 1. The highest BCUT2D eigenvalue weighted by Gasteiger charge is 2.52. The topological polar surface area (TPSA) is 27.7 Å². The Balaban J connectivity index is 1.47. The van der Waals surface area contributed by atoms with Gasteiger partial charge in [-0.05, 0) is 62.7 Å². The van der Waals surface area contributed by atoms with Crippen molar-refractivity contribution in [2.24, 2.45) is 17.8 Å². The van der Waals surface area contributed by atoms with E-state index in [0.29, 0.717) is 18.1 Å². The molecule has 3 aliphatic rings. The number of fused-ring (bicyclic) bond motifs is 3. The third-order valence-electron chi connectivity index (χ3n) is 6.42. The van der Waals surface area contributed by atoms with Crippen LogP contribution in [0.5, 0.6) is 0 Å². The van der Waals surface area contributed by atoms with E-state index in [1.54, 1.807) is 0 Å². The number of ether oxygens (including phenoxy) is 3. The highest BCUT2D eigenvalue weighted by molar-refractivity contribution is 7.81. The molecule has 0 spiro atoms. The second kappa shape index (κ2) is 9.43. The van der Waals surface area contributed by atoms with Crippen molar-refractivity contribution in [3.8, 4) is 0 Å². The summed E-state index contributed by atoms with van der Waals surface area (Å²) < 4.78 is 18.7. The lowest BCUT2D eigenvalue weighted by molar-refractivity contribution is -0.0640. The van der Waals surface area contributed by atoms with Gasteiger partial charge in [0.1, 0.15) is 0 Å². The van der Waals surface area contributed by atoms with Crippen molar-refractivity contribution in [1.29, 1.82) is 0 Å². The summed E-state index contributed by atoms with van der Waals surface area (Å²) in [5.74, 6) is 2.19. The summed E-state index contributed by atoms with van der Waals surface area (Å²) in [4.78, 5) is 0. The first-order valence-corrected chi connectivity index (χ1v) is 11.2. The Hall–Kier alpha value is 0.230. The van der Waals surface area contributed by atoms with Gasteiger partial charge in [-0.3, -0.25) is 0 Å². The predicted octanol–water partition coefficient (Wildman–Crippen LogP) is 4.88. The maximum Gasteiger partial charge on any atom is 0.0751 e. The molecule has 25 heavy (non-hydrogen) atoms. The van der Waals surface area contributed by atoms with Crippen molar-refractivity contribution in [3.05, 3.63) is 0 Å². The Morgan fingerprint density at radius 1 is 1.04 bits per heavy atom. The van der Waals surface area contributed by atoms with Crippen LogP contribution in [0.1, 0.15) is 72.1 Å². The van der Waals surface area contributed by atoms with Crippen molar-refractivity contribution in [2.45, 2.75) is 102 Å². The fourth-order valence-electron chi connectivity index (χ4n) is 5.10. The zero-order chi connectivity index (χ0) is 17.8. The van der Waals surface area contributed by atoms with Gasteiger partial charge >= 0.3 is 0 Å². The fraction of sp³-hybridized carbons (Fsp3) is 1.00. The maximum atomic E-state index is 6.53. The molecule has 0 radical (unpaired) electrons. The van der Waals surface area contributed by atoms with Gasteiger partial charge in [0.15, 0.2) is 0 Å². The minimum absolute atomic E-state index is 0.237. The van der Waals surface area contributed by atoms with Gasteiger partial charge in [-0.15, -0.1) is 0 Å². The van der Waals surface area contributed by atoms with Gasteiger partial charge in [-0.25, -0.2) is 0 Å². The summed E-state index contributed by atoms with van der Waals surface area (Å²) in [7, 11) is 0. The molecule has 2 aliphatic carbocycles. The summed E-state index contributed by atoms with van der Waals surface area (Å²) in [5, 5.41) is 0.237. The predicted molar refractivity (Wildman–Crippen MR) is 105 cm³/mol. The van der Waals surface area contributed by atoms with E-state index >= 15 is 0 Å². The van der Waals surface area contributed by atoms with Crippen LogP contribution in [-0.2, 0) is 14.2 Å². The molecule has 3 fully saturated rings. The quantitative estimate of drug-likeness (QED) is 0.487. The van der Waals surface area contributed by atoms with E-state index < -0.39 is 0 Å².